The number of para-hydroxylation sites is 1. The van der Waals surface area contributed by atoms with Crippen LogP contribution in [0.25, 0.3) is 22.5 Å². The van der Waals surface area contributed by atoms with Crippen molar-refractivity contribution in [2.75, 3.05) is 16.9 Å². The Morgan fingerprint density at radius 2 is 1.94 bits per heavy atom. The quantitative estimate of drug-likeness (QED) is 0.331. The molecule has 162 valence electrons. The highest BCUT2D eigenvalue weighted by Crippen LogP contribution is 2.36. The normalized spacial score (nSPS) is 10.7. The zero-order valence-electron chi connectivity index (χ0n) is 17.7. The molecule has 0 aliphatic rings. The second-order valence-corrected chi connectivity index (χ2v) is 8.77. The number of benzene rings is 1. The molecule has 0 aliphatic heterocycles. The number of thiophene rings is 1. The Labute approximate surface area is 193 Å². The van der Waals surface area contributed by atoms with Crippen LogP contribution in [0.15, 0.2) is 59.2 Å². The standard InChI is InChI=1S/C23H21N5O2S2/c1-13-10-18(32-12-13)22(30)26-17-7-5-4-6-16(17)21-20(27-23(28-21)31-3)15-8-9-24-19(11-15)25-14(2)29/h4-12H,1-3H3,(H,26,30)(H,27,28)(H,24,25,29). The van der Waals surface area contributed by atoms with Crippen molar-refractivity contribution >= 4 is 46.4 Å². The summed E-state index contributed by atoms with van der Waals surface area (Å²) >= 11 is 2.91. The Balaban J connectivity index is 1.76. The molecule has 3 aromatic heterocycles. The molecule has 0 radical (unpaired) electrons. The van der Waals surface area contributed by atoms with Crippen molar-refractivity contribution in [2.45, 2.75) is 19.0 Å². The summed E-state index contributed by atoms with van der Waals surface area (Å²) in [7, 11) is 0. The van der Waals surface area contributed by atoms with Gasteiger partial charge >= 0.3 is 0 Å². The maximum Gasteiger partial charge on any atom is 0.265 e. The first-order chi connectivity index (χ1) is 15.4. The Morgan fingerprint density at radius 1 is 1.12 bits per heavy atom. The number of amides is 2. The van der Waals surface area contributed by atoms with Gasteiger partial charge in [-0.3, -0.25) is 9.59 Å². The number of aryl methyl sites for hydroxylation is 1. The second-order valence-electron chi connectivity index (χ2n) is 7.07. The van der Waals surface area contributed by atoms with Crippen LogP contribution >= 0.6 is 23.1 Å². The molecule has 2 amide bonds. The summed E-state index contributed by atoms with van der Waals surface area (Å²) in [5, 5.41) is 8.42. The lowest BCUT2D eigenvalue weighted by Crippen LogP contribution is -2.11. The van der Waals surface area contributed by atoms with E-state index in [4.69, 9.17) is 4.98 Å². The lowest BCUT2D eigenvalue weighted by Gasteiger charge is -2.11. The summed E-state index contributed by atoms with van der Waals surface area (Å²) in [6.07, 6.45) is 3.57. The van der Waals surface area contributed by atoms with E-state index in [2.05, 4.69) is 20.6 Å². The van der Waals surface area contributed by atoms with Crippen LogP contribution in [-0.2, 0) is 4.79 Å². The van der Waals surface area contributed by atoms with Gasteiger partial charge in [-0.2, -0.15) is 0 Å². The SMILES string of the molecule is CSc1nc(-c2ccnc(NC(C)=O)c2)c(-c2ccccc2NC(=O)c2cc(C)cs2)[nH]1. The molecule has 7 nitrogen and oxygen atoms in total. The third kappa shape index (κ3) is 4.74. The molecule has 4 aromatic rings. The van der Waals surface area contributed by atoms with Crippen molar-refractivity contribution in [3.8, 4) is 22.5 Å². The molecule has 0 unspecified atom stereocenters. The molecule has 0 saturated carbocycles. The lowest BCUT2D eigenvalue weighted by atomic mass is 10.0. The van der Waals surface area contributed by atoms with Gasteiger partial charge in [-0.05, 0) is 48.4 Å². The number of hydrogen-bond donors (Lipinski definition) is 3. The zero-order valence-corrected chi connectivity index (χ0v) is 19.4. The van der Waals surface area contributed by atoms with Gasteiger partial charge in [-0.15, -0.1) is 11.3 Å². The number of pyridine rings is 1. The number of aromatic nitrogens is 3. The van der Waals surface area contributed by atoms with Crippen LogP contribution in [0.3, 0.4) is 0 Å². The molecule has 0 saturated heterocycles. The van der Waals surface area contributed by atoms with E-state index in [0.717, 1.165) is 27.5 Å². The number of nitrogens with zero attached hydrogens (tertiary/aromatic N) is 2. The number of H-pyrrole nitrogens is 1. The molecular formula is C23H21N5O2S2. The maximum absolute atomic E-state index is 12.8. The average molecular weight is 464 g/mol. The van der Waals surface area contributed by atoms with E-state index in [9.17, 15) is 9.59 Å². The van der Waals surface area contributed by atoms with E-state index in [0.29, 0.717) is 22.1 Å². The predicted octanol–water partition coefficient (Wildman–Crippen LogP) is 5.44. The first-order valence-corrected chi connectivity index (χ1v) is 11.9. The highest BCUT2D eigenvalue weighted by atomic mass is 32.2. The van der Waals surface area contributed by atoms with Crippen LogP contribution in [0.1, 0.15) is 22.2 Å². The van der Waals surface area contributed by atoms with Crippen molar-refractivity contribution in [2.24, 2.45) is 0 Å². The molecule has 3 heterocycles. The maximum atomic E-state index is 12.8. The summed E-state index contributed by atoms with van der Waals surface area (Å²) in [5.74, 6) is 0.0986. The fourth-order valence-corrected chi connectivity index (χ4v) is 4.40. The van der Waals surface area contributed by atoms with Crippen LogP contribution in [-0.4, -0.2) is 33.0 Å². The van der Waals surface area contributed by atoms with Gasteiger partial charge in [0.05, 0.1) is 22.0 Å². The van der Waals surface area contributed by atoms with Gasteiger partial charge in [-0.1, -0.05) is 30.0 Å². The Bertz CT molecular complexity index is 1300. The molecule has 0 aliphatic carbocycles. The van der Waals surface area contributed by atoms with E-state index in [1.807, 2.05) is 55.0 Å². The third-order valence-electron chi connectivity index (χ3n) is 4.61. The number of hydrogen-bond acceptors (Lipinski definition) is 6. The molecule has 3 N–H and O–H groups in total. The number of carbonyl (C=O) groups excluding carboxylic acids is 2. The van der Waals surface area contributed by atoms with Crippen molar-refractivity contribution < 1.29 is 9.59 Å². The first-order valence-electron chi connectivity index (χ1n) is 9.78. The zero-order chi connectivity index (χ0) is 22.7. The fraction of sp³-hybridized carbons (Fsp3) is 0.130. The van der Waals surface area contributed by atoms with Crippen LogP contribution < -0.4 is 10.6 Å². The largest absolute Gasteiger partial charge is 0.332 e. The minimum Gasteiger partial charge on any atom is -0.332 e. The second kappa shape index (κ2) is 9.37. The van der Waals surface area contributed by atoms with Gasteiger partial charge < -0.3 is 15.6 Å². The van der Waals surface area contributed by atoms with Gasteiger partial charge in [0.2, 0.25) is 5.91 Å². The summed E-state index contributed by atoms with van der Waals surface area (Å²) in [4.78, 5) is 37.2. The summed E-state index contributed by atoms with van der Waals surface area (Å²) in [5.41, 5.74) is 4.82. The summed E-state index contributed by atoms with van der Waals surface area (Å²) in [6, 6.07) is 13.1. The highest BCUT2D eigenvalue weighted by Gasteiger charge is 2.19. The van der Waals surface area contributed by atoms with Crippen LogP contribution in [0, 0.1) is 6.92 Å². The van der Waals surface area contributed by atoms with Crippen molar-refractivity contribution in [1.29, 1.82) is 0 Å². The Kier molecular flexibility index (Phi) is 6.38. The monoisotopic (exact) mass is 463 g/mol. The average Bonchev–Trinajstić information content (AvgIpc) is 3.40. The predicted molar refractivity (Wildman–Crippen MR) is 130 cm³/mol. The van der Waals surface area contributed by atoms with E-state index in [-0.39, 0.29) is 11.8 Å². The number of thioether (sulfide) groups is 1. The van der Waals surface area contributed by atoms with E-state index in [1.165, 1.54) is 30.0 Å². The number of nitrogens with one attached hydrogen (secondary N) is 3. The molecule has 0 bridgehead atoms. The number of carbonyl (C=O) groups is 2. The molecule has 1 aromatic carbocycles. The van der Waals surface area contributed by atoms with Gasteiger partial charge in [0, 0.05) is 24.2 Å². The molecular weight excluding hydrogens is 442 g/mol. The van der Waals surface area contributed by atoms with E-state index >= 15 is 0 Å². The molecule has 0 atom stereocenters. The van der Waals surface area contributed by atoms with Crippen LogP contribution in [0.5, 0.6) is 0 Å². The number of anilines is 2. The van der Waals surface area contributed by atoms with Gasteiger partial charge in [0.25, 0.3) is 5.91 Å². The fourth-order valence-electron chi connectivity index (χ4n) is 3.22. The summed E-state index contributed by atoms with van der Waals surface area (Å²) in [6.45, 7) is 3.40. The number of rotatable bonds is 6. The van der Waals surface area contributed by atoms with Crippen LogP contribution in [0.2, 0.25) is 0 Å². The smallest absolute Gasteiger partial charge is 0.265 e. The molecule has 9 heteroatoms. The van der Waals surface area contributed by atoms with E-state index in [1.54, 1.807) is 12.3 Å². The van der Waals surface area contributed by atoms with Crippen LogP contribution in [0.4, 0.5) is 11.5 Å². The number of imidazole rings is 1. The van der Waals surface area contributed by atoms with Gasteiger partial charge in [-0.25, -0.2) is 9.97 Å². The first kappa shape index (κ1) is 21.8. The molecule has 4 rings (SSSR count). The van der Waals surface area contributed by atoms with Crippen molar-refractivity contribution in [3.63, 3.8) is 0 Å². The van der Waals surface area contributed by atoms with E-state index < -0.39 is 0 Å². The lowest BCUT2D eigenvalue weighted by molar-refractivity contribution is -0.114. The Morgan fingerprint density at radius 3 is 2.66 bits per heavy atom. The number of aromatic amines is 1. The molecule has 0 fully saturated rings. The Hall–Kier alpha value is -3.43. The van der Waals surface area contributed by atoms with Gasteiger partial charge in [0.1, 0.15) is 5.82 Å². The molecule has 32 heavy (non-hydrogen) atoms. The minimum atomic E-state index is -0.196. The summed E-state index contributed by atoms with van der Waals surface area (Å²) < 4.78 is 0. The molecule has 0 spiro atoms. The third-order valence-corrected chi connectivity index (χ3v) is 6.24. The minimum absolute atomic E-state index is 0.154. The van der Waals surface area contributed by atoms with Crippen molar-refractivity contribution in [3.05, 3.63) is 64.5 Å². The van der Waals surface area contributed by atoms with Gasteiger partial charge in [0.15, 0.2) is 5.16 Å². The highest BCUT2D eigenvalue weighted by molar-refractivity contribution is 7.98. The van der Waals surface area contributed by atoms with Crippen molar-refractivity contribution in [1.82, 2.24) is 15.0 Å². The topological polar surface area (TPSA) is 99.8 Å².